The lowest BCUT2D eigenvalue weighted by Gasteiger charge is -2.22. The van der Waals surface area contributed by atoms with Crippen LogP contribution in [0, 0.1) is 11.6 Å². The van der Waals surface area contributed by atoms with Gasteiger partial charge in [0.15, 0.2) is 18.2 Å². The first-order chi connectivity index (χ1) is 10.9. The van der Waals surface area contributed by atoms with E-state index in [1.54, 1.807) is 0 Å². The normalized spacial score (nSPS) is 18.4. The van der Waals surface area contributed by atoms with Crippen LogP contribution >= 0.6 is 0 Å². The van der Waals surface area contributed by atoms with E-state index in [9.17, 15) is 22.0 Å². The van der Waals surface area contributed by atoms with Gasteiger partial charge < -0.3 is 9.47 Å². The highest BCUT2D eigenvalue weighted by Crippen LogP contribution is 2.18. The molecule has 1 aromatic rings. The van der Waals surface area contributed by atoms with E-state index in [-0.39, 0.29) is 5.75 Å². The van der Waals surface area contributed by atoms with E-state index < -0.39 is 46.0 Å². The highest BCUT2D eigenvalue weighted by atomic mass is 32.2. The average Bonchev–Trinajstić information content (AvgIpc) is 2.48. The summed E-state index contributed by atoms with van der Waals surface area (Å²) in [5, 5.41) is 0. The fourth-order valence-electron chi connectivity index (χ4n) is 2.16. The number of carbonyl (C=O) groups excluding carboxylic acids is 1. The Balaban J connectivity index is 1.84. The maximum Gasteiger partial charge on any atom is 0.271 e. The lowest BCUT2D eigenvalue weighted by molar-refractivity contribution is -0.121. The van der Waals surface area contributed by atoms with Gasteiger partial charge in [-0.1, -0.05) is 0 Å². The van der Waals surface area contributed by atoms with Crippen molar-refractivity contribution in [2.45, 2.75) is 25.4 Å². The van der Waals surface area contributed by atoms with Crippen LogP contribution in [0.2, 0.25) is 0 Å². The van der Waals surface area contributed by atoms with Crippen LogP contribution in [0.3, 0.4) is 0 Å². The Hall–Kier alpha value is -1.74. The molecule has 0 aromatic heterocycles. The van der Waals surface area contributed by atoms with Crippen LogP contribution in [0.15, 0.2) is 18.2 Å². The maximum absolute atomic E-state index is 13.3. The van der Waals surface area contributed by atoms with E-state index in [2.05, 4.69) is 0 Å². The topological polar surface area (TPSA) is 81.7 Å². The molecule has 1 atom stereocenters. The predicted molar refractivity (Wildman–Crippen MR) is 77.4 cm³/mol. The summed E-state index contributed by atoms with van der Waals surface area (Å²) in [4.78, 5) is 11.6. The minimum absolute atomic E-state index is 0.326. The van der Waals surface area contributed by atoms with Crippen molar-refractivity contribution in [3.63, 3.8) is 0 Å². The zero-order valence-corrected chi connectivity index (χ0v) is 13.1. The molecule has 0 radical (unpaired) electrons. The van der Waals surface area contributed by atoms with Gasteiger partial charge in [0.05, 0.1) is 11.9 Å². The highest BCUT2D eigenvalue weighted by molar-refractivity contribution is 7.90. The Bertz CT molecular complexity index is 659. The van der Waals surface area contributed by atoms with Crippen molar-refractivity contribution < 1.29 is 31.5 Å². The molecule has 1 aliphatic rings. The first kappa shape index (κ1) is 17.6. The van der Waals surface area contributed by atoms with Gasteiger partial charge in [-0.25, -0.2) is 17.2 Å². The molecule has 0 saturated carbocycles. The van der Waals surface area contributed by atoms with Crippen LogP contribution in [0.5, 0.6) is 5.75 Å². The van der Waals surface area contributed by atoms with Crippen LogP contribution in [0.4, 0.5) is 8.78 Å². The zero-order valence-electron chi connectivity index (χ0n) is 12.3. The smallest absolute Gasteiger partial charge is 0.271 e. The first-order valence-electron chi connectivity index (χ1n) is 7.08. The van der Waals surface area contributed by atoms with Gasteiger partial charge in [-0.2, -0.15) is 0 Å². The molecule has 0 bridgehead atoms. The summed E-state index contributed by atoms with van der Waals surface area (Å²) in [5.74, 6) is -3.34. The molecular formula is C14H17F2NO5S. The monoisotopic (exact) mass is 349 g/mol. The van der Waals surface area contributed by atoms with Crippen molar-refractivity contribution in [3.05, 3.63) is 29.8 Å². The van der Waals surface area contributed by atoms with E-state index in [1.165, 1.54) is 0 Å². The van der Waals surface area contributed by atoms with Gasteiger partial charge in [-0.15, -0.1) is 0 Å². The van der Waals surface area contributed by atoms with E-state index >= 15 is 0 Å². The Kier molecular flexibility index (Phi) is 5.89. The maximum atomic E-state index is 13.3. The first-order valence-corrected chi connectivity index (χ1v) is 8.74. The number of amides is 1. The van der Waals surface area contributed by atoms with Crippen LogP contribution in [-0.4, -0.2) is 39.4 Å². The van der Waals surface area contributed by atoms with Crippen LogP contribution in [0.1, 0.15) is 19.3 Å². The van der Waals surface area contributed by atoms with Crippen molar-refractivity contribution in [3.8, 4) is 5.75 Å². The Morgan fingerprint density at radius 3 is 2.83 bits per heavy atom. The van der Waals surface area contributed by atoms with Gasteiger partial charge in [0.25, 0.3) is 5.91 Å². The lowest BCUT2D eigenvalue weighted by atomic mass is 10.1. The van der Waals surface area contributed by atoms with E-state index in [1.807, 2.05) is 4.72 Å². The van der Waals surface area contributed by atoms with E-state index in [0.717, 1.165) is 31.0 Å². The number of rotatable bonds is 6. The van der Waals surface area contributed by atoms with E-state index in [0.29, 0.717) is 13.0 Å². The Morgan fingerprint density at radius 1 is 1.35 bits per heavy atom. The summed E-state index contributed by atoms with van der Waals surface area (Å²) < 4.78 is 61.8. The highest BCUT2D eigenvalue weighted by Gasteiger charge is 2.23. The predicted octanol–water partition coefficient (Wildman–Crippen LogP) is 1.36. The molecule has 1 fully saturated rings. The molecule has 6 nitrogen and oxygen atoms in total. The quantitative estimate of drug-likeness (QED) is 0.839. The molecule has 9 heteroatoms. The molecule has 1 aliphatic heterocycles. The molecule has 1 N–H and O–H groups in total. The van der Waals surface area contributed by atoms with Crippen LogP contribution in [-0.2, 0) is 19.6 Å². The van der Waals surface area contributed by atoms with Crippen molar-refractivity contribution in [2.75, 3.05) is 19.0 Å². The Labute approximate surface area is 132 Å². The van der Waals surface area contributed by atoms with Gasteiger partial charge in [0, 0.05) is 12.7 Å². The molecule has 1 amide bonds. The summed E-state index contributed by atoms with van der Waals surface area (Å²) in [5.41, 5.74) is 0. The summed E-state index contributed by atoms with van der Waals surface area (Å²) in [6, 6.07) is 2.52. The molecule has 1 aromatic carbocycles. The van der Waals surface area contributed by atoms with Gasteiger partial charge in [0.2, 0.25) is 10.0 Å². The van der Waals surface area contributed by atoms with Gasteiger partial charge in [0.1, 0.15) is 5.82 Å². The molecule has 23 heavy (non-hydrogen) atoms. The number of ether oxygens (including phenoxy) is 2. The average molecular weight is 349 g/mol. The number of hydrogen-bond acceptors (Lipinski definition) is 5. The number of halogens is 2. The Morgan fingerprint density at radius 2 is 2.13 bits per heavy atom. The third-order valence-corrected chi connectivity index (χ3v) is 4.55. The van der Waals surface area contributed by atoms with E-state index in [4.69, 9.17) is 9.47 Å². The summed E-state index contributed by atoms with van der Waals surface area (Å²) in [6.07, 6.45) is 1.92. The van der Waals surface area contributed by atoms with Crippen LogP contribution < -0.4 is 9.46 Å². The second kappa shape index (κ2) is 7.69. The molecule has 0 aliphatic carbocycles. The molecule has 0 spiro atoms. The van der Waals surface area contributed by atoms with Crippen molar-refractivity contribution in [2.24, 2.45) is 0 Å². The largest absolute Gasteiger partial charge is 0.481 e. The summed E-state index contributed by atoms with van der Waals surface area (Å²) in [6.45, 7) is -0.249. The summed E-state index contributed by atoms with van der Waals surface area (Å²) in [7, 11) is -3.88. The lowest BCUT2D eigenvalue weighted by Crippen LogP contribution is -2.40. The third-order valence-electron chi connectivity index (χ3n) is 3.20. The fraction of sp³-hybridized carbons (Fsp3) is 0.500. The fourth-order valence-corrected chi connectivity index (χ4v) is 3.40. The minimum Gasteiger partial charge on any atom is -0.481 e. The number of sulfonamides is 1. The van der Waals surface area contributed by atoms with Gasteiger partial charge in [-0.05, 0) is 31.4 Å². The number of carbonyl (C=O) groups is 1. The van der Waals surface area contributed by atoms with Crippen molar-refractivity contribution >= 4 is 15.9 Å². The number of nitrogens with one attached hydrogen (secondary N) is 1. The van der Waals surface area contributed by atoms with Gasteiger partial charge in [-0.3, -0.25) is 9.52 Å². The second-order valence-corrected chi connectivity index (χ2v) is 6.93. The molecule has 0 unspecified atom stereocenters. The number of hydrogen-bond donors (Lipinski definition) is 1. The standard InChI is InChI=1S/C14H17F2NO5S/c15-10-4-5-12(16)13(7-10)22-8-14(18)17-23(19,20)9-11-3-1-2-6-21-11/h4-5,7,11H,1-3,6,8-9H2,(H,17,18)/t11-/m1/s1. The van der Waals surface area contributed by atoms with Crippen LogP contribution in [0.25, 0.3) is 0 Å². The molecule has 1 heterocycles. The molecule has 1 saturated heterocycles. The molecule has 2 rings (SSSR count). The van der Waals surface area contributed by atoms with Crippen molar-refractivity contribution in [1.82, 2.24) is 4.72 Å². The zero-order chi connectivity index (χ0) is 16.9. The van der Waals surface area contributed by atoms with Gasteiger partial charge >= 0.3 is 0 Å². The number of benzene rings is 1. The molecule has 128 valence electrons. The van der Waals surface area contributed by atoms with Crippen molar-refractivity contribution in [1.29, 1.82) is 0 Å². The second-order valence-electron chi connectivity index (χ2n) is 5.16. The third kappa shape index (κ3) is 5.76. The molecular weight excluding hydrogens is 332 g/mol. The minimum atomic E-state index is -3.88. The summed E-state index contributed by atoms with van der Waals surface area (Å²) >= 11 is 0. The SMILES string of the molecule is O=C(COc1cc(F)ccc1F)NS(=O)(=O)C[C@H]1CCCCO1.